The highest BCUT2D eigenvalue weighted by molar-refractivity contribution is 7.92. The molecule has 0 aromatic heterocycles. The summed E-state index contributed by atoms with van der Waals surface area (Å²) in [6.45, 7) is 0. The number of para-hydroxylation sites is 1. The van der Waals surface area contributed by atoms with Crippen molar-refractivity contribution < 1.29 is 27.5 Å². The van der Waals surface area contributed by atoms with Crippen molar-refractivity contribution in [3.63, 3.8) is 0 Å². The van der Waals surface area contributed by atoms with Crippen LogP contribution in [0.2, 0.25) is 10.0 Å². The van der Waals surface area contributed by atoms with E-state index in [1.807, 2.05) is 0 Å². The van der Waals surface area contributed by atoms with Gasteiger partial charge >= 0.3 is 11.9 Å². The van der Waals surface area contributed by atoms with Crippen molar-refractivity contribution in [1.82, 2.24) is 0 Å². The second-order valence-electron chi connectivity index (χ2n) is 5.46. The number of methoxy groups -OCH3 is 2. The van der Waals surface area contributed by atoms with Gasteiger partial charge in [0.2, 0.25) is 0 Å². The van der Waals surface area contributed by atoms with E-state index in [4.69, 9.17) is 23.2 Å². The summed E-state index contributed by atoms with van der Waals surface area (Å²) in [5.74, 6) is -1.72. The van der Waals surface area contributed by atoms with Gasteiger partial charge < -0.3 is 14.8 Å². The van der Waals surface area contributed by atoms with E-state index in [-0.39, 0.29) is 32.0 Å². The second-order valence-corrected chi connectivity index (χ2v) is 7.98. The molecule has 0 spiro atoms. The first kappa shape index (κ1) is 22.5. The number of sulfonamides is 1. The maximum Gasteiger partial charge on any atom is 0.354 e. The molecule has 0 aliphatic heterocycles. The highest BCUT2D eigenvalue weighted by Crippen LogP contribution is 2.28. The summed E-state index contributed by atoms with van der Waals surface area (Å²) in [6, 6.07) is 9.99. The molecule has 0 atom stereocenters. The molecule has 0 aliphatic rings. The van der Waals surface area contributed by atoms with E-state index in [1.165, 1.54) is 36.4 Å². The molecule has 0 amide bonds. The van der Waals surface area contributed by atoms with Gasteiger partial charge in [0.25, 0.3) is 10.0 Å². The van der Waals surface area contributed by atoms with E-state index >= 15 is 0 Å². The molecule has 2 aromatic carbocycles. The van der Waals surface area contributed by atoms with Crippen molar-refractivity contribution >= 4 is 56.5 Å². The minimum absolute atomic E-state index is 0.0219. The number of esters is 2. The van der Waals surface area contributed by atoms with Gasteiger partial charge in [-0.2, -0.15) is 0 Å². The Balaban J connectivity index is 2.44. The van der Waals surface area contributed by atoms with Crippen LogP contribution in [0.4, 0.5) is 11.4 Å². The summed E-state index contributed by atoms with van der Waals surface area (Å²) < 4.78 is 37.2. The van der Waals surface area contributed by atoms with E-state index in [2.05, 4.69) is 19.5 Å². The number of rotatable bonds is 7. The first-order valence-electron chi connectivity index (χ1n) is 7.89. The highest BCUT2D eigenvalue weighted by Gasteiger charge is 2.21. The number of ether oxygens (including phenoxy) is 2. The molecule has 154 valence electrons. The Morgan fingerprint density at radius 3 is 2.21 bits per heavy atom. The van der Waals surface area contributed by atoms with Gasteiger partial charge in [-0.15, -0.1) is 0 Å². The standard InChI is InChI=1S/C18H16Cl2N2O6S/c1-27-17(23)10-15(18(24)28-2)21-14-5-3-4-6-16(14)29(25,26)22-13-8-11(19)7-12(20)9-13/h3-10,21-22H,1-2H3/b15-10-. The lowest BCUT2D eigenvalue weighted by Gasteiger charge is -2.15. The zero-order chi connectivity index (χ0) is 21.6. The molecule has 0 saturated heterocycles. The topological polar surface area (TPSA) is 111 Å². The molecule has 2 aromatic rings. The van der Waals surface area contributed by atoms with Crippen LogP contribution in [0.1, 0.15) is 0 Å². The van der Waals surface area contributed by atoms with E-state index < -0.39 is 22.0 Å². The molecular formula is C18H16Cl2N2O6S. The molecule has 2 rings (SSSR count). The Kier molecular flexibility index (Phi) is 7.49. The van der Waals surface area contributed by atoms with Gasteiger partial charge in [0.15, 0.2) is 0 Å². The average Bonchev–Trinajstić information content (AvgIpc) is 2.65. The number of halogens is 2. The van der Waals surface area contributed by atoms with E-state index in [0.29, 0.717) is 0 Å². The molecule has 0 heterocycles. The molecule has 0 unspecified atom stereocenters. The van der Waals surface area contributed by atoms with Crippen LogP contribution >= 0.6 is 23.2 Å². The minimum Gasteiger partial charge on any atom is -0.466 e. The number of nitrogens with one attached hydrogen (secondary N) is 2. The molecular weight excluding hydrogens is 443 g/mol. The summed E-state index contributed by atoms with van der Waals surface area (Å²) in [6.07, 6.45) is 0.847. The number of hydrogen-bond donors (Lipinski definition) is 2. The fourth-order valence-electron chi connectivity index (χ4n) is 2.20. The summed E-state index contributed by atoms with van der Waals surface area (Å²) in [7, 11) is -1.87. The molecule has 0 saturated carbocycles. The van der Waals surface area contributed by atoms with Gasteiger partial charge in [0.1, 0.15) is 10.6 Å². The Labute approximate surface area is 177 Å². The quantitative estimate of drug-likeness (QED) is 0.482. The van der Waals surface area contributed by atoms with Crippen LogP contribution in [0.25, 0.3) is 0 Å². The summed E-state index contributed by atoms with van der Waals surface area (Å²) in [5.41, 5.74) is -0.142. The van der Waals surface area contributed by atoms with Gasteiger partial charge in [-0.25, -0.2) is 18.0 Å². The monoisotopic (exact) mass is 458 g/mol. The third-order valence-corrected chi connectivity index (χ3v) is 5.31. The zero-order valence-corrected chi connectivity index (χ0v) is 17.6. The van der Waals surface area contributed by atoms with Crippen molar-refractivity contribution in [2.75, 3.05) is 24.3 Å². The molecule has 29 heavy (non-hydrogen) atoms. The third kappa shape index (κ3) is 6.11. The number of benzene rings is 2. The lowest BCUT2D eigenvalue weighted by Crippen LogP contribution is -2.19. The van der Waals surface area contributed by atoms with Crippen LogP contribution in [-0.4, -0.2) is 34.6 Å². The van der Waals surface area contributed by atoms with Gasteiger partial charge in [0.05, 0.1) is 31.7 Å². The molecule has 0 bridgehead atoms. The lowest BCUT2D eigenvalue weighted by molar-refractivity contribution is -0.138. The number of carbonyl (C=O) groups excluding carboxylic acids is 2. The van der Waals surface area contributed by atoms with E-state index in [9.17, 15) is 18.0 Å². The highest BCUT2D eigenvalue weighted by atomic mass is 35.5. The molecule has 0 fully saturated rings. The van der Waals surface area contributed by atoms with Gasteiger partial charge in [-0.3, -0.25) is 4.72 Å². The fourth-order valence-corrected chi connectivity index (χ4v) is 3.94. The van der Waals surface area contributed by atoms with Crippen LogP contribution < -0.4 is 10.0 Å². The number of anilines is 2. The first-order valence-corrected chi connectivity index (χ1v) is 10.1. The van der Waals surface area contributed by atoms with Crippen molar-refractivity contribution in [3.05, 3.63) is 64.3 Å². The zero-order valence-electron chi connectivity index (χ0n) is 15.2. The van der Waals surface area contributed by atoms with E-state index in [0.717, 1.165) is 20.3 Å². The fraction of sp³-hybridized carbons (Fsp3) is 0.111. The van der Waals surface area contributed by atoms with Gasteiger partial charge in [0, 0.05) is 10.0 Å². The Morgan fingerprint density at radius 2 is 1.62 bits per heavy atom. The Bertz CT molecular complexity index is 1050. The van der Waals surface area contributed by atoms with Crippen LogP contribution in [0.3, 0.4) is 0 Å². The predicted molar refractivity (Wildman–Crippen MR) is 109 cm³/mol. The maximum atomic E-state index is 12.9. The van der Waals surface area contributed by atoms with Crippen LogP contribution in [0, 0.1) is 0 Å². The Morgan fingerprint density at radius 1 is 1.00 bits per heavy atom. The van der Waals surface area contributed by atoms with Crippen LogP contribution in [0.15, 0.2) is 59.1 Å². The first-order chi connectivity index (χ1) is 13.7. The third-order valence-electron chi connectivity index (χ3n) is 3.43. The van der Waals surface area contributed by atoms with Crippen molar-refractivity contribution in [1.29, 1.82) is 0 Å². The minimum atomic E-state index is -4.11. The molecule has 8 nitrogen and oxygen atoms in total. The molecule has 11 heteroatoms. The normalized spacial score (nSPS) is 11.5. The van der Waals surface area contributed by atoms with Crippen LogP contribution in [-0.2, 0) is 29.1 Å². The Hall–Kier alpha value is -2.75. The maximum absolute atomic E-state index is 12.9. The molecule has 2 N–H and O–H groups in total. The van der Waals surface area contributed by atoms with Crippen molar-refractivity contribution in [2.45, 2.75) is 4.90 Å². The summed E-state index contributed by atoms with van der Waals surface area (Å²) in [5, 5.41) is 3.08. The lowest BCUT2D eigenvalue weighted by atomic mass is 10.3. The van der Waals surface area contributed by atoms with E-state index in [1.54, 1.807) is 6.07 Å². The SMILES string of the molecule is COC(=O)/C=C(\Nc1ccccc1S(=O)(=O)Nc1cc(Cl)cc(Cl)c1)C(=O)OC. The predicted octanol–water partition coefficient (Wildman–Crippen LogP) is 3.44. The molecule has 0 radical (unpaired) electrons. The smallest absolute Gasteiger partial charge is 0.354 e. The molecule has 0 aliphatic carbocycles. The summed E-state index contributed by atoms with van der Waals surface area (Å²) >= 11 is 11.8. The largest absolute Gasteiger partial charge is 0.466 e. The second kappa shape index (κ2) is 9.64. The average molecular weight is 459 g/mol. The van der Waals surface area contributed by atoms with Crippen molar-refractivity contribution in [3.8, 4) is 0 Å². The van der Waals surface area contributed by atoms with Gasteiger partial charge in [-0.1, -0.05) is 35.3 Å². The number of hydrogen-bond acceptors (Lipinski definition) is 7. The van der Waals surface area contributed by atoms with Gasteiger partial charge in [-0.05, 0) is 30.3 Å². The van der Waals surface area contributed by atoms with Crippen LogP contribution in [0.5, 0.6) is 0 Å². The van der Waals surface area contributed by atoms with Crippen molar-refractivity contribution in [2.24, 2.45) is 0 Å². The summed E-state index contributed by atoms with van der Waals surface area (Å²) in [4.78, 5) is 23.3. The number of carbonyl (C=O) groups is 2.